The van der Waals surface area contributed by atoms with Gasteiger partial charge in [-0.1, -0.05) is 47.6 Å². The molecular formula is C25H31BrO5. The molecule has 0 amide bonds. The van der Waals surface area contributed by atoms with Gasteiger partial charge in [-0.25, -0.2) is 0 Å². The molecule has 0 unspecified atom stereocenters. The van der Waals surface area contributed by atoms with E-state index in [1.54, 1.807) is 12.2 Å². The fraction of sp³-hybridized carbons (Fsp3) is 0.400. The second-order valence-electron chi connectivity index (χ2n) is 8.14. The number of carbonyl (C=O) groups is 1. The van der Waals surface area contributed by atoms with Gasteiger partial charge in [0, 0.05) is 43.3 Å². The molecule has 0 radical (unpaired) electrons. The van der Waals surface area contributed by atoms with E-state index in [0.29, 0.717) is 13.2 Å². The largest absolute Gasteiger partial charge is 0.463 e. The zero-order valence-corrected chi connectivity index (χ0v) is 19.5. The monoisotopic (exact) mass is 490 g/mol. The van der Waals surface area contributed by atoms with Crippen LogP contribution in [0.25, 0.3) is 6.08 Å². The molecule has 0 saturated carbocycles. The third kappa shape index (κ3) is 7.20. The summed E-state index contributed by atoms with van der Waals surface area (Å²) < 4.78 is 23.4. The number of halogens is 1. The lowest BCUT2D eigenvalue weighted by atomic mass is 10.1. The SMILES string of the molecule is C.CC(=O)/C=C/c1ccc2c(c1)OC(C)(C)OC2.CC1(C)OCc2ccc(Br)cc2O1. The van der Waals surface area contributed by atoms with Crippen LogP contribution in [-0.4, -0.2) is 17.4 Å². The molecule has 0 aliphatic carbocycles. The predicted molar refractivity (Wildman–Crippen MR) is 126 cm³/mol. The van der Waals surface area contributed by atoms with Crippen molar-refractivity contribution in [2.45, 2.75) is 66.8 Å². The summed E-state index contributed by atoms with van der Waals surface area (Å²) in [4.78, 5) is 10.9. The Labute approximate surface area is 193 Å². The number of carbonyl (C=O) groups excluding carboxylic acids is 1. The lowest BCUT2D eigenvalue weighted by Gasteiger charge is -2.32. The molecule has 5 nitrogen and oxygen atoms in total. The number of hydrogen-bond acceptors (Lipinski definition) is 5. The molecule has 4 rings (SSSR count). The maximum Gasteiger partial charge on any atom is 0.205 e. The van der Waals surface area contributed by atoms with Crippen molar-refractivity contribution in [3.8, 4) is 11.5 Å². The molecule has 0 atom stereocenters. The Bertz CT molecular complexity index is 962. The fourth-order valence-electron chi connectivity index (χ4n) is 2.94. The summed E-state index contributed by atoms with van der Waals surface area (Å²) >= 11 is 3.41. The van der Waals surface area contributed by atoms with E-state index in [1.165, 1.54) is 6.92 Å². The van der Waals surface area contributed by atoms with Crippen LogP contribution < -0.4 is 9.47 Å². The topological polar surface area (TPSA) is 54.0 Å². The second kappa shape index (κ2) is 9.98. The number of ketones is 1. The van der Waals surface area contributed by atoms with Crippen molar-refractivity contribution in [1.29, 1.82) is 0 Å². The molecular weight excluding hydrogens is 460 g/mol. The van der Waals surface area contributed by atoms with E-state index in [1.807, 2.05) is 64.1 Å². The molecule has 2 aliphatic heterocycles. The molecule has 0 N–H and O–H groups in total. The molecule has 0 fully saturated rings. The van der Waals surface area contributed by atoms with Crippen LogP contribution in [-0.2, 0) is 27.5 Å². The van der Waals surface area contributed by atoms with Crippen molar-refractivity contribution in [2.75, 3.05) is 0 Å². The molecule has 6 heteroatoms. The third-order valence-corrected chi connectivity index (χ3v) is 4.99. The highest BCUT2D eigenvalue weighted by atomic mass is 79.9. The Balaban J connectivity index is 0.000000220. The third-order valence-electron chi connectivity index (χ3n) is 4.49. The van der Waals surface area contributed by atoms with Crippen molar-refractivity contribution in [1.82, 2.24) is 0 Å². The maximum atomic E-state index is 10.9. The minimum absolute atomic E-state index is 0. The Morgan fingerprint density at radius 1 is 0.903 bits per heavy atom. The first kappa shape index (κ1) is 25.1. The molecule has 2 heterocycles. The van der Waals surface area contributed by atoms with Gasteiger partial charge in [0.05, 0.1) is 13.2 Å². The maximum absolute atomic E-state index is 10.9. The predicted octanol–water partition coefficient (Wildman–Crippen LogP) is 6.66. The van der Waals surface area contributed by atoms with Crippen molar-refractivity contribution < 1.29 is 23.7 Å². The number of benzene rings is 2. The second-order valence-corrected chi connectivity index (χ2v) is 9.06. The van der Waals surface area contributed by atoms with Gasteiger partial charge in [-0.2, -0.15) is 0 Å². The highest BCUT2D eigenvalue weighted by Crippen LogP contribution is 2.33. The molecule has 0 aromatic heterocycles. The van der Waals surface area contributed by atoms with Gasteiger partial charge >= 0.3 is 0 Å². The summed E-state index contributed by atoms with van der Waals surface area (Å²) in [7, 11) is 0. The average molecular weight is 491 g/mol. The standard InChI is InChI=1S/C14H16O3.C10H11BrO2.CH4/c1-10(15)4-5-11-6-7-12-9-16-14(2,3)17-13(12)8-11;1-10(2)12-6-7-3-4-8(11)5-9(7)13-10;/h4-8H,9H2,1-3H3;3-5H,6H2,1-2H3;1H4/b5-4+;;. The van der Waals surface area contributed by atoms with Crippen LogP contribution in [0.4, 0.5) is 0 Å². The number of fused-ring (bicyclic) bond motifs is 2. The molecule has 2 aromatic carbocycles. The summed E-state index contributed by atoms with van der Waals surface area (Å²) in [6.07, 6.45) is 3.33. The fourth-order valence-corrected chi connectivity index (χ4v) is 3.28. The minimum Gasteiger partial charge on any atom is -0.463 e. The first-order valence-electron chi connectivity index (χ1n) is 9.79. The van der Waals surface area contributed by atoms with Crippen LogP contribution in [0.2, 0.25) is 0 Å². The zero-order chi connectivity index (χ0) is 21.9. The van der Waals surface area contributed by atoms with Crippen LogP contribution in [0, 0.1) is 0 Å². The van der Waals surface area contributed by atoms with Gasteiger partial charge in [0.15, 0.2) is 5.78 Å². The molecule has 31 heavy (non-hydrogen) atoms. The van der Waals surface area contributed by atoms with Crippen LogP contribution in [0.1, 0.15) is 58.7 Å². The van der Waals surface area contributed by atoms with E-state index >= 15 is 0 Å². The van der Waals surface area contributed by atoms with Gasteiger partial charge in [-0.3, -0.25) is 4.79 Å². The summed E-state index contributed by atoms with van der Waals surface area (Å²) in [5.74, 6) is 0.675. The van der Waals surface area contributed by atoms with Crippen molar-refractivity contribution in [3.63, 3.8) is 0 Å². The van der Waals surface area contributed by atoms with Crippen LogP contribution in [0.15, 0.2) is 46.9 Å². The Morgan fingerprint density at radius 2 is 1.42 bits per heavy atom. The van der Waals surface area contributed by atoms with Gasteiger partial charge < -0.3 is 18.9 Å². The lowest BCUT2D eigenvalue weighted by molar-refractivity contribution is -0.180. The quantitative estimate of drug-likeness (QED) is 0.440. The lowest BCUT2D eigenvalue weighted by Crippen LogP contribution is -2.35. The first-order valence-corrected chi connectivity index (χ1v) is 10.6. The van der Waals surface area contributed by atoms with E-state index < -0.39 is 11.6 Å². The van der Waals surface area contributed by atoms with Gasteiger partial charge in [0.2, 0.25) is 11.6 Å². The van der Waals surface area contributed by atoms with Gasteiger partial charge in [-0.15, -0.1) is 0 Å². The van der Waals surface area contributed by atoms with E-state index in [-0.39, 0.29) is 13.2 Å². The summed E-state index contributed by atoms with van der Waals surface area (Å²) in [5, 5.41) is 0. The van der Waals surface area contributed by atoms with E-state index in [0.717, 1.165) is 32.7 Å². The number of hydrogen-bond donors (Lipinski definition) is 0. The Morgan fingerprint density at radius 3 is 1.97 bits per heavy atom. The van der Waals surface area contributed by atoms with Gasteiger partial charge in [0.25, 0.3) is 0 Å². The van der Waals surface area contributed by atoms with E-state index in [9.17, 15) is 4.79 Å². The van der Waals surface area contributed by atoms with E-state index in [2.05, 4.69) is 15.9 Å². The van der Waals surface area contributed by atoms with Crippen molar-refractivity contribution in [3.05, 3.63) is 63.6 Å². The molecule has 2 aromatic rings. The van der Waals surface area contributed by atoms with Crippen molar-refractivity contribution in [2.24, 2.45) is 0 Å². The number of ether oxygens (including phenoxy) is 4. The van der Waals surface area contributed by atoms with Crippen molar-refractivity contribution >= 4 is 27.8 Å². The van der Waals surface area contributed by atoms with Crippen LogP contribution >= 0.6 is 15.9 Å². The smallest absolute Gasteiger partial charge is 0.205 e. The van der Waals surface area contributed by atoms with Crippen LogP contribution in [0.3, 0.4) is 0 Å². The van der Waals surface area contributed by atoms with Crippen LogP contribution in [0.5, 0.6) is 11.5 Å². The highest BCUT2D eigenvalue weighted by molar-refractivity contribution is 9.10. The molecule has 168 valence electrons. The molecule has 0 bridgehead atoms. The summed E-state index contributed by atoms with van der Waals surface area (Å²) in [6.45, 7) is 10.3. The highest BCUT2D eigenvalue weighted by Gasteiger charge is 2.28. The van der Waals surface area contributed by atoms with Gasteiger partial charge in [0.1, 0.15) is 11.5 Å². The normalized spacial score (nSPS) is 17.6. The minimum atomic E-state index is -0.587. The molecule has 0 spiro atoms. The first-order chi connectivity index (χ1) is 14.0. The summed E-state index contributed by atoms with van der Waals surface area (Å²) in [6, 6.07) is 11.8. The summed E-state index contributed by atoms with van der Waals surface area (Å²) in [5.41, 5.74) is 3.09. The number of allylic oxidation sites excluding steroid dienone is 1. The molecule has 2 aliphatic rings. The zero-order valence-electron chi connectivity index (χ0n) is 18.0. The Kier molecular flexibility index (Phi) is 8.09. The van der Waals surface area contributed by atoms with E-state index in [4.69, 9.17) is 18.9 Å². The molecule has 0 saturated heterocycles. The van der Waals surface area contributed by atoms with Gasteiger partial charge in [-0.05, 0) is 36.8 Å². The Hall–Kier alpha value is -2.15. The average Bonchev–Trinajstić information content (AvgIpc) is 2.64. The number of rotatable bonds is 2.